The number of benzene rings is 1. The molecule has 1 aliphatic rings. The lowest BCUT2D eigenvalue weighted by Crippen LogP contribution is -2.54. The van der Waals surface area contributed by atoms with Gasteiger partial charge in [-0.25, -0.2) is 8.42 Å². The van der Waals surface area contributed by atoms with Crippen molar-refractivity contribution in [1.82, 2.24) is 14.5 Å². The van der Waals surface area contributed by atoms with Gasteiger partial charge in [0.1, 0.15) is 5.75 Å². The summed E-state index contributed by atoms with van der Waals surface area (Å²) in [6.07, 6.45) is 2.37. The third-order valence-electron chi connectivity index (χ3n) is 5.84. The highest BCUT2D eigenvalue weighted by Crippen LogP contribution is 2.22. The zero-order valence-corrected chi connectivity index (χ0v) is 22.4. The van der Waals surface area contributed by atoms with E-state index in [0.717, 1.165) is 25.8 Å². The minimum absolute atomic E-state index is 0.0131. The quantitative estimate of drug-likeness (QED) is 0.488. The first kappa shape index (κ1) is 28.6. The summed E-state index contributed by atoms with van der Waals surface area (Å²) >= 11 is 0. The van der Waals surface area contributed by atoms with Crippen molar-refractivity contribution in [3.63, 3.8) is 0 Å². The molecule has 0 spiro atoms. The monoisotopic (exact) mass is 497 g/mol. The zero-order chi connectivity index (χ0) is 25.5. The molecule has 2 atom stereocenters. The molecule has 0 unspecified atom stereocenters. The summed E-state index contributed by atoms with van der Waals surface area (Å²) in [5.74, 6) is 0.707. The molecule has 1 fully saturated rings. The molecule has 0 aliphatic carbocycles. The van der Waals surface area contributed by atoms with Crippen LogP contribution in [0.3, 0.4) is 0 Å². The minimum atomic E-state index is -3.76. The summed E-state index contributed by atoms with van der Waals surface area (Å²) < 4.78 is 33.1. The molecule has 2 rings (SSSR count). The number of aliphatic hydroxyl groups is 1. The van der Waals surface area contributed by atoms with E-state index in [1.165, 1.54) is 23.5 Å². The average Bonchev–Trinajstić information content (AvgIpc) is 2.76. The summed E-state index contributed by atoms with van der Waals surface area (Å²) in [4.78, 5) is 15.1. The first-order valence-corrected chi connectivity index (χ1v) is 13.7. The second-order valence-corrected chi connectivity index (χ2v) is 12.6. The van der Waals surface area contributed by atoms with E-state index >= 15 is 0 Å². The van der Waals surface area contributed by atoms with E-state index < -0.39 is 16.1 Å². The van der Waals surface area contributed by atoms with E-state index in [2.05, 4.69) is 10.2 Å². The number of sulfonamides is 1. The van der Waals surface area contributed by atoms with Gasteiger partial charge in [-0.1, -0.05) is 20.3 Å². The maximum absolute atomic E-state index is 13.3. The molecule has 8 nitrogen and oxygen atoms in total. The van der Waals surface area contributed by atoms with Crippen molar-refractivity contribution in [3.05, 3.63) is 24.3 Å². The smallest absolute Gasteiger partial charge is 0.243 e. The van der Waals surface area contributed by atoms with Crippen LogP contribution in [-0.2, 0) is 14.8 Å². The largest absolute Gasteiger partial charge is 0.497 e. The number of nitrogens with zero attached hydrogens (tertiary/aromatic N) is 2. The minimum Gasteiger partial charge on any atom is -0.497 e. The van der Waals surface area contributed by atoms with Gasteiger partial charge in [-0.15, -0.1) is 0 Å². The number of hydrogen-bond acceptors (Lipinski definition) is 6. The fraction of sp³-hybridized carbons (Fsp3) is 0.720. The van der Waals surface area contributed by atoms with Gasteiger partial charge in [0.15, 0.2) is 0 Å². The summed E-state index contributed by atoms with van der Waals surface area (Å²) in [6.45, 7) is 11.5. The molecule has 1 aromatic rings. The van der Waals surface area contributed by atoms with Crippen LogP contribution in [0.2, 0.25) is 0 Å². The van der Waals surface area contributed by atoms with Gasteiger partial charge in [-0.05, 0) is 76.8 Å². The molecule has 1 heterocycles. The summed E-state index contributed by atoms with van der Waals surface area (Å²) in [7, 11) is -2.23. The molecule has 34 heavy (non-hydrogen) atoms. The van der Waals surface area contributed by atoms with Gasteiger partial charge in [-0.3, -0.25) is 9.69 Å². The standard InChI is InChI=1S/C25H43N3O5S/c1-19(2)17-28(34(31,32)22-12-10-21(33-6)11-13-22)18-20(29)14-16-27-15-8-7-9-23(27)24(30)26-25(3,4)5/h10-13,19-20,23,29H,7-9,14-18H2,1-6H3,(H,26,30)/t20-,23-/m0/s1. The number of ether oxygens (including phenoxy) is 1. The Kier molecular flexibility index (Phi) is 10.4. The number of rotatable bonds is 11. The Bertz CT molecular complexity index is 881. The van der Waals surface area contributed by atoms with E-state index in [0.29, 0.717) is 25.3 Å². The van der Waals surface area contributed by atoms with E-state index in [-0.39, 0.29) is 34.8 Å². The highest BCUT2D eigenvalue weighted by Gasteiger charge is 2.32. The highest BCUT2D eigenvalue weighted by molar-refractivity contribution is 7.89. The van der Waals surface area contributed by atoms with Gasteiger partial charge in [-0.2, -0.15) is 4.31 Å². The maximum Gasteiger partial charge on any atom is 0.243 e. The molecule has 9 heteroatoms. The summed E-state index contributed by atoms with van der Waals surface area (Å²) in [5.41, 5.74) is -0.299. The first-order chi connectivity index (χ1) is 15.8. The molecule has 0 radical (unpaired) electrons. The number of hydrogen-bond donors (Lipinski definition) is 2. The number of methoxy groups -OCH3 is 1. The molecular formula is C25H43N3O5S. The van der Waals surface area contributed by atoms with Crippen LogP contribution in [0.1, 0.15) is 60.3 Å². The summed E-state index contributed by atoms with van der Waals surface area (Å²) in [6, 6.07) is 6.08. The van der Waals surface area contributed by atoms with Crippen LogP contribution in [0, 0.1) is 5.92 Å². The van der Waals surface area contributed by atoms with Crippen molar-refractivity contribution in [3.8, 4) is 5.75 Å². The number of amides is 1. The second kappa shape index (κ2) is 12.3. The molecule has 1 aliphatic heterocycles. The molecule has 194 valence electrons. The Morgan fingerprint density at radius 1 is 1.21 bits per heavy atom. The van der Waals surface area contributed by atoms with Crippen molar-refractivity contribution in [2.45, 2.75) is 82.9 Å². The highest BCUT2D eigenvalue weighted by atomic mass is 32.2. The Balaban J connectivity index is 2.06. The number of carbonyl (C=O) groups excluding carboxylic acids is 1. The van der Waals surface area contributed by atoms with E-state index in [1.54, 1.807) is 12.1 Å². The average molecular weight is 498 g/mol. The van der Waals surface area contributed by atoms with Gasteiger partial charge in [0.25, 0.3) is 0 Å². The fourth-order valence-electron chi connectivity index (χ4n) is 4.22. The number of carbonyl (C=O) groups is 1. The van der Waals surface area contributed by atoms with Crippen molar-refractivity contribution in [2.75, 3.05) is 33.3 Å². The lowest BCUT2D eigenvalue weighted by molar-refractivity contribution is -0.129. The summed E-state index contributed by atoms with van der Waals surface area (Å²) in [5, 5.41) is 13.9. The van der Waals surface area contributed by atoms with Gasteiger partial charge in [0.2, 0.25) is 15.9 Å². The van der Waals surface area contributed by atoms with Crippen molar-refractivity contribution in [1.29, 1.82) is 0 Å². The maximum atomic E-state index is 13.3. The zero-order valence-electron chi connectivity index (χ0n) is 21.6. The molecule has 1 saturated heterocycles. The molecule has 2 N–H and O–H groups in total. The molecule has 0 bridgehead atoms. The van der Waals surface area contributed by atoms with E-state index in [4.69, 9.17) is 4.74 Å². The fourth-order valence-corrected chi connectivity index (χ4v) is 5.87. The van der Waals surface area contributed by atoms with Crippen LogP contribution < -0.4 is 10.1 Å². The van der Waals surface area contributed by atoms with Gasteiger partial charge in [0.05, 0.1) is 24.2 Å². The van der Waals surface area contributed by atoms with Crippen molar-refractivity contribution in [2.24, 2.45) is 5.92 Å². The van der Waals surface area contributed by atoms with Gasteiger partial charge < -0.3 is 15.2 Å². The van der Waals surface area contributed by atoms with Crippen LogP contribution in [0.15, 0.2) is 29.2 Å². The molecule has 0 saturated carbocycles. The normalized spacial score (nSPS) is 18.8. The number of nitrogens with one attached hydrogen (secondary N) is 1. The van der Waals surface area contributed by atoms with Crippen LogP contribution in [0.25, 0.3) is 0 Å². The third-order valence-corrected chi connectivity index (χ3v) is 7.69. The molecule has 1 aromatic carbocycles. The van der Waals surface area contributed by atoms with Crippen LogP contribution in [-0.4, -0.2) is 79.6 Å². The van der Waals surface area contributed by atoms with Crippen LogP contribution in [0.4, 0.5) is 0 Å². The number of aliphatic hydroxyl groups excluding tert-OH is 1. The Morgan fingerprint density at radius 3 is 2.41 bits per heavy atom. The SMILES string of the molecule is COc1ccc(S(=O)(=O)N(CC(C)C)C[C@@H](O)CCN2CCCC[C@H]2C(=O)NC(C)(C)C)cc1. The lowest BCUT2D eigenvalue weighted by Gasteiger charge is -2.37. The number of piperidine rings is 1. The molecular weight excluding hydrogens is 454 g/mol. The lowest BCUT2D eigenvalue weighted by atomic mass is 9.99. The van der Waals surface area contributed by atoms with Crippen LogP contribution in [0.5, 0.6) is 5.75 Å². The van der Waals surface area contributed by atoms with Gasteiger partial charge in [0, 0.05) is 25.2 Å². The van der Waals surface area contributed by atoms with Crippen molar-refractivity contribution >= 4 is 15.9 Å². The number of likely N-dealkylation sites (tertiary alicyclic amines) is 1. The van der Waals surface area contributed by atoms with Gasteiger partial charge >= 0.3 is 0 Å². The van der Waals surface area contributed by atoms with Crippen LogP contribution >= 0.6 is 0 Å². The Morgan fingerprint density at radius 2 is 1.85 bits per heavy atom. The topological polar surface area (TPSA) is 99.2 Å². The first-order valence-electron chi connectivity index (χ1n) is 12.2. The predicted octanol–water partition coefficient (Wildman–Crippen LogP) is 2.86. The predicted molar refractivity (Wildman–Crippen MR) is 134 cm³/mol. The Labute approximate surface area is 205 Å². The Hall–Kier alpha value is -1.68. The molecule has 1 amide bonds. The van der Waals surface area contributed by atoms with Crippen molar-refractivity contribution < 1.29 is 23.1 Å². The van der Waals surface area contributed by atoms with E-state index in [9.17, 15) is 18.3 Å². The molecule has 0 aromatic heterocycles. The van der Waals surface area contributed by atoms with E-state index in [1.807, 2.05) is 34.6 Å². The second-order valence-electron chi connectivity index (χ2n) is 10.6. The third kappa shape index (κ3) is 8.52.